The predicted molar refractivity (Wildman–Crippen MR) is 135 cm³/mol. The lowest BCUT2D eigenvalue weighted by molar-refractivity contribution is -0.113. The van der Waals surface area contributed by atoms with Crippen molar-refractivity contribution in [2.75, 3.05) is 11.1 Å². The summed E-state index contributed by atoms with van der Waals surface area (Å²) in [5.74, 6) is -0.0581. The van der Waals surface area contributed by atoms with Gasteiger partial charge in [-0.1, -0.05) is 40.8 Å². The van der Waals surface area contributed by atoms with Crippen molar-refractivity contribution in [3.8, 4) is 5.69 Å². The second kappa shape index (κ2) is 9.19. The largest absolute Gasteiger partial charge is 0.325 e. The highest BCUT2D eigenvalue weighted by atomic mass is 35.5. The maximum absolute atomic E-state index is 12.9. The van der Waals surface area contributed by atoms with Crippen LogP contribution in [0.15, 0.2) is 52.4 Å². The Morgan fingerprint density at radius 2 is 1.91 bits per heavy atom. The zero-order valence-electron chi connectivity index (χ0n) is 17.5. The first-order valence-electron chi connectivity index (χ1n) is 9.63. The van der Waals surface area contributed by atoms with Crippen LogP contribution in [0.2, 0.25) is 5.02 Å². The number of rotatable bonds is 5. The number of amides is 1. The first-order chi connectivity index (χ1) is 15.2. The fourth-order valence-corrected chi connectivity index (χ4v) is 5.34. The van der Waals surface area contributed by atoms with Gasteiger partial charge in [0.2, 0.25) is 5.91 Å². The zero-order chi connectivity index (χ0) is 23.0. The summed E-state index contributed by atoms with van der Waals surface area (Å²) in [4.78, 5) is 30.1. The molecule has 0 aliphatic carbocycles. The average Bonchev–Trinajstić information content (AvgIpc) is 3.09. The Morgan fingerprint density at radius 3 is 2.59 bits per heavy atom. The molecule has 2 heterocycles. The highest BCUT2D eigenvalue weighted by Crippen LogP contribution is 2.26. The molecular weight excluding hydrogens is 484 g/mol. The van der Waals surface area contributed by atoms with E-state index in [1.54, 1.807) is 23.7 Å². The monoisotopic (exact) mass is 502 g/mol. The van der Waals surface area contributed by atoms with Crippen molar-refractivity contribution in [1.29, 1.82) is 0 Å². The minimum absolute atomic E-state index is 0.116. The molecule has 0 saturated heterocycles. The summed E-state index contributed by atoms with van der Waals surface area (Å²) in [6, 6.07) is 12.9. The molecule has 164 valence electrons. The predicted octanol–water partition coefficient (Wildman–Crippen LogP) is 5.52. The van der Waals surface area contributed by atoms with Gasteiger partial charge in [-0.3, -0.25) is 18.7 Å². The van der Waals surface area contributed by atoms with Crippen LogP contribution in [0.3, 0.4) is 0 Å². The van der Waals surface area contributed by atoms with Crippen molar-refractivity contribution in [1.82, 2.24) is 14.1 Å². The normalized spacial score (nSPS) is 11.1. The molecule has 0 bridgehead atoms. The smallest absolute Gasteiger partial charge is 0.273 e. The van der Waals surface area contributed by atoms with Crippen LogP contribution in [0.4, 0.5) is 5.69 Å². The third-order valence-electron chi connectivity index (χ3n) is 4.98. The Bertz CT molecular complexity index is 1460. The molecule has 10 heteroatoms. The number of aromatic nitrogens is 3. The number of anilines is 1. The number of nitrogens with one attached hydrogen (secondary N) is 1. The summed E-state index contributed by atoms with van der Waals surface area (Å²) in [6.07, 6.45) is 0. The molecule has 6 nitrogen and oxygen atoms in total. The van der Waals surface area contributed by atoms with E-state index in [1.807, 2.05) is 44.2 Å². The second-order valence-electron chi connectivity index (χ2n) is 7.23. The molecule has 0 unspecified atom stereocenters. The quantitative estimate of drug-likeness (QED) is 0.221. The molecule has 0 radical (unpaired) electrons. The van der Waals surface area contributed by atoms with Crippen molar-refractivity contribution >= 4 is 68.9 Å². The Balaban J connectivity index is 1.63. The van der Waals surface area contributed by atoms with E-state index < -0.39 is 0 Å². The van der Waals surface area contributed by atoms with Crippen LogP contribution in [0, 0.1) is 17.8 Å². The molecule has 4 aromatic rings. The Hall–Kier alpha value is -2.46. The number of carbonyl (C=O) groups excluding carboxylic acids is 1. The van der Waals surface area contributed by atoms with E-state index in [-0.39, 0.29) is 17.2 Å². The van der Waals surface area contributed by atoms with Gasteiger partial charge in [0.25, 0.3) is 5.56 Å². The minimum Gasteiger partial charge on any atom is -0.325 e. The maximum atomic E-state index is 12.9. The number of halogens is 1. The Labute approximate surface area is 202 Å². The summed E-state index contributed by atoms with van der Waals surface area (Å²) in [6.45, 7) is 4.02. The minimum atomic E-state index is -0.198. The SMILES string of the molecule is Cc1ccc(NC(=O)CSc2nc3c(sc(=S)n3-c3ccc(Cl)cc3)c(=O)n2C)cc1C. The molecule has 1 N–H and O–H groups in total. The zero-order valence-corrected chi connectivity index (χ0v) is 20.7. The number of hydrogen-bond acceptors (Lipinski definition) is 6. The summed E-state index contributed by atoms with van der Waals surface area (Å²) in [5, 5.41) is 3.94. The van der Waals surface area contributed by atoms with Crippen molar-refractivity contribution in [3.63, 3.8) is 0 Å². The van der Waals surface area contributed by atoms with E-state index in [9.17, 15) is 9.59 Å². The molecule has 2 aromatic carbocycles. The van der Waals surface area contributed by atoms with Crippen LogP contribution >= 0.6 is 46.9 Å². The number of hydrogen-bond donors (Lipinski definition) is 1. The van der Waals surface area contributed by atoms with Gasteiger partial charge in [0.1, 0.15) is 4.70 Å². The van der Waals surface area contributed by atoms with Gasteiger partial charge in [0, 0.05) is 23.4 Å². The van der Waals surface area contributed by atoms with Crippen LogP contribution in [-0.4, -0.2) is 25.8 Å². The number of nitrogens with zero attached hydrogens (tertiary/aromatic N) is 3. The number of benzene rings is 2. The topological polar surface area (TPSA) is 68.9 Å². The molecule has 2 aromatic heterocycles. The number of thiazole rings is 1. The lowest BCUT2D eigenvalue weighted by Crippen LogP contribution is -2.21. The van der Waals surface area contributed by atoms with E-state index in [1.165, 1.54) is 27.7 Å². The highest BCUT2D eigenvalue weighted by molar-refractivity contribution is 7.99. The highest BCUT2D eigenvalue weighted by Gasteiger charge is 2.17. The van der Waals surface area contributed by atoms with E-state index in [2.05, 4.69) is 10.3 Å². The van der Waals surface area contributed by atoms with Crippen LogP contribution in [0.25, 0.3) is 16.0 Å². The maximum Gasteiger partial charge on any atom is 0.273 e. The van der Waals surface area contributed by atoms with Crippen molar-refractivity contribution in [2.45, 2.75) is 19.0 Å². The van der Waals surface area contributed by atoms with Gasteiger partial charge in [0.15, 0.2) is 14.8 Å². The van der Waals surface area contributed by atoms with Gasteiger partial charge in [-0.25, -0.2) is 4.98 Å². The first-order valence-corrected chi connectivity index (χ1v) is 12.2. The molecule has 0 spiro atoms. The molecule has 1 amide bonds. The van der Waals surface area contributed by atoms with E-state index in [4.69, 9.17) is 23.8 Å². The third-order valence-corrected chi connectivity index (χ3v) is 7.61. The second-order valence-corrected chi connectivity index (χ2v) is 10.3. The molecule has 0 saturated carbocycles. The fourth-order valence-electron chi connectivity index (χ4n) is 3.10. The van der Waals surface area contributed by atoms with Gasteiger partial charge < -0.3 is 5.32 Å². The summed E-state index contributed by atoms with van der Waals surface area (Å²) in [5.41, 5.74) is 4.06. The summed E-state index contributed by atoms with van der Waals surface area (Å²) in [7, 11) is 1.65. The first kappa shape index (κ1) is 22.7. The molecule has 0 atom stereocenters. The van der Waals surface area contributed by atoms with Crippen LogP contribution in [0.5, 0.6) is 0 Å². The van der Waals surface area contributed by atoms with E-state index in [0.717, 1.165) is 22.5 Å². The molecule has 0 aliphatic rings. The molecular formula is C22H19ClN4O2S3. The molecule has 0 aliphatic heterocycles. The lowest BCUT2D eigenvalue weighted by atomic mass is 10.1. The van der Waals surface area contributed by atoms with E-state index in [0.29, 0.717) is 24.5 Å². The number of thioether (sulfide) groups is 1. The van der Waals surface area contributed by atoms with Crippen molar-refractivity contribution < 1.29 is 4.79 Å². The Morgan fingerprint density at radius 1 is 1.19 bits per heavy atom. The van der Waals surface area contributed by atoms with Crippen molar-refractivity contribution in [3.05, 3.63) is 72.9 Å². The van der Waals surface area contributed by atoms with Gasteiger partial charge in [-0.2, -0.15) is 0 Å². The molecule has 4 rings (SSSR count). The van der Waals surface area contributed by atoms with Gasteiger partial charge >= 0.3 is 0 Å². The fraction of sp³-hybridized carbons (Fsp3) is 0.182. The van der Waals surface area contributed by atoms with Gasteiger partial charge in [-0.05, 0) is 73.6 Å². The molecule has 0 fully saturated rings. The number of carbonyl (C=O) groups is 1. The Kier molecular flexibility index (Phi) is 6.52. The average molecular weight is 503 g/mol. The third kappa shape index (κ3) is 4.52. The van der Waals surface area contributed by atoms with Crippen LogP contribution < -0.4 is 10.9 Å². The summed E-state index contributed by atoms with van der Waals surface area (Å²) >= 11 is 13.9. The van der Waals surface area contributed by atoms with E-state index >= 15 is 0 Å². The molecule has 32 heavy (non-hydrogen) atoms. The van der Waals surface area contributed by atoms with Crippen LogP contribution in [0.1, 0.15) is 11.1 Å². The van der Waals surface area contributed by atoms with Gasteiger partial charge in [-0.15, -0.1) is 0 Å². The standard InChI is InChI=1S/C22H19ClN4O2S3/c1-12-4-7-15(10-13(12)2)24-17(28)11-31-21-25-19-18(20(29)26(21)3)32-22(30)27(19)16-8-5-14(23)6-9-16/h4-10H,11H2,1-3H3,(H,24,28). The lowest BCUT2D eigenvalue weighted by Gasteiger charge is -2.10. The van der Waals surface area contributed by atoms with Gasteiger partial charge in [0.05, 0.1) is 5.75 Å². The number of fused-ring (bicyclic) bond motifs is 1. The van der Waals surface area contributed by atoms with Crippen molar-refractivity contribution in [2.24, 2.45) is 7.05 Å². The summed E-state index contributed by atoms with van der Waals surface area (Å²) < 4.78 is 4.19. The van der Waals surface area contributed by atoms with Crippen LogP contribution in [-0.2, 0) is 11.8 Å². The number of aryl methyl sites for hydroxylation is 2.